The molecule has 0 N–H and O–H groups in total. The first-order valence-corrected chi connectivity index (χ1v) is 6.83. The van der Waals surface area contributed by atoms with E-state index in [1.165, 1.54) is 10.9 Å². The van der Waals surface area contributed by atoms with E-state index in [0.717, 1.165) is 5.56 Å². The maximum absolute atomic E-state index is 12.6. The Morgan fingerprint density at radius 2 is 1.86 bits per heavy atom. The minimum absolute atomic E-state index is 0.223. The quantitative estimate of drug-likeness (QED) is 0.746. The highest BCUT2D eigenvalue weighted by Gasteiger charge is 2.12. The predicted octanol–water partition coefficient (Wildman–Crippen LogP) is 3.01. The Kier molecular flexibility index (Phi) is 3.79. The first kappa shape index (κ1) is 13.5. The molecule has 0 saturated carbocycles. The van der Waals surface area contributed by atoms with Crippen LogP contribution < -0.4 is 5.56 Å². The van der Waals surface area contributed by atoms with Gasteiger partial charge in [0.05, 0.1) is 23.3 Å². The minimum atomic E-state index is -0.223. The van der Waals surface area contributed by atoms with Crippen LogP contribution in [0.3, 0.4) is 0 Å². The van der Waals surface area contributed by atoms with Gasteiger partial charge in [-0.15, -0.1) is 0 Å². The molecular weight excluding hydrogens is 286 g/mol. The molecule has 3 aromatic rings. The van der Waals surface area contributed by atoms with Crippen LogP contribution in [0.4, 0.5) is 0 Å². The third-order valence-electron chi connectivity index (χ3n) is 3.12. The SMILES string of the molecule is O=c1c(-c2cccnc2)c(Cl)cnn1Cc1ccccc1. The van der Waals surface area contributed by atoms with Crippen LogP contribution in [-0.4, -0.2) is 14.8 Å². The highest BCUT2D eigenvalue weighted by molar-refractivity contribution is 6.33. The van der Waals surface area contributed by atoms with Gasteiger partial charge < -0.3 is 0 Å². The molecule has 0 bridgehead atoms. The van der Waals surface area contributed by atoms with Crippen molar-refractivity contribution in [2.45, 2.75) is 6.54 Å². The maximum atomic E-state index is 12.6. The first-order chi connectivity index (χ1) is 10.3. The van der Waals surface area contributed by atoms with Gasteiger partial charge in [-0.3, -0.25) is 9.78 Å². The van der Waals surface area contributed by atoms with E-state index in [4.69, 9.17) is 11.6 Å². The van der Waals surface area contributed by atoms with Crippen molar-refractivity contribution in [2.75, 3.05) is 0 Å². The van der Waals surface area contributed by atoms with E-state index < -0.39 is 0 Å². The second kappa shape index (κ2) is 5.89. The molecule has 0 atom stereocenters. The summed E-state index contributed by atoms with van der Waals surface area (Å²) in [7, 11) is 0. The number of pyridine rings is 1. The Balaban J connectivity index is 2.07. The second-order valence-electron chi connectivity index (χ2n) is 4.56. The maximum Gasteiger partial charge on any atom is 0.276 e. The van der Waals surface area contributed by atoms with Gasteiger partial charge in [0.1, 0.15) is 0 Å². The first-order valence-electron chi connectivity index (χ1n) is 6.45. The molecule has 2 heterocycles. The lowest BCUT2D eigenvalue weighted by atomic mass is 10.1. The zero-order valence-corrected chi connectivity index (χ0v) is 11.9. The topological polar surface area (TPSA) is 47.8 Å². The van der Waals surface area contributed by atoms with E-state index in [1.54, 1.807) is 18.5 Å². The van der Waals surface area contributed by atoms with Gasteiger partial charge in [0.15, 0.2) is 0 Å². The molecule has 1 aromatic carbocycles. The van der Waals surface area contributed by atoms with Crippen molar-refractivity contribution in [1.82, 2.24) is 14.8 Å². The molecule has 0 spiro atoms. The smallest absolute Gasteiger partial charge is 0.267 e. The molecule has 0 aliphatic heterocycles. The van der Waals surface area contributed by atoms with Gasteiger partial charge in [0.25, 0.3) is 5.56 Å². The second-order valence-corrected chi connectivity index (χ2v) is 4.96. The average Bonchev–Trinajstić information content (AvgIpc) is 2.52. The monoisotopic (exact) mass is 297 g/mol. The molecule has 4 nitrogen and oxygen atoms in total. The van der Waals surface area contributed by atoms with E-state index in [-0.39, 0.29) is 5.56 Å². The molecule has 2 aromatic heterocycles. The number of rotatable bonds is 3. The van der Waals surface area contributed by atoms with Crippen LogP contribution in [0.5, 0.6) is 0 Å². The summed E-state index contributed by atoms with van der Waals surface area (Å²) in [6, 6.07) is 13.3. The van der Waals surface area contributed by atoms with Crippen molar-refractivity contribution < 1.29 is 0 Å². The van der Waals surface area contributed by atoms with Crippen molar-refractivity contribution in [3.05, 3.63) is 82.0 Å². The normalized spacial score (nSPS) is 10.5. The molecule has 0 radical (unpaired) electrons. The number of benzene rings is 1. The Morgan fingerprint density at radius 3 is 2.57 bits per heavy atom. The summed E-state index contributed by atoms with van der Waals surface area (Å²) in [5.74, 6) is 0. The number of hydrogen-bond donors (Lipinski definition) is 0. The molecule has 0 unspecified atom stereocenters. The van der Waals surface area contributed by atoms with Crippen molar-refractivity contribution in [2.24, 2.45) is 0 Å². The summed E-state index contributed by atoms with van der Waals surface area (Å²) in [4.78, 5) is 16.6. The van der Waals surface area contributed by atoms with Crippen LogP contribution in [0.25, 0.3) is 11.1 Å². The van der Waals surface area contributed by atoms with Crippen LogP contribution >= 0.6 is 11.6 Å². The Labute approximate surface area is 126 Å². The Morgan fingerprint density at radius 1 is 1.05 bits per heavy atom. The van der Waals surface area contributed by atoms with Crippen molar-refractivity contribution in [3.8, 4) is 11.1 Å². The summed E-state index contributed by atoms with van der Waals surface area (Å²) >= 11 is 6.14. The molecule has 104 valence electrons. The van der Waals surface area contributed by atoms with E-state index >= 15 is 0 Å². The summed E-state index contributed by atoms with van der Waals surface area (Å²) in [6.07, 6.45) is 4.77. The Bertz CT molecular complexity index is 801. The average molecular weight is 298 g/mol. The summed E-state index contributed by atoms with van der Waals surface area (Å²) < 4.78 is 1.41. The summed E-state index contributed by atoms with van der Waals surface area (Å²) in [5, 5.41) is 4.44. The van der Waals surface area contributed by atoms with Crippen molar-refractivity contribution in [3.63, 3.8) is 0 Å². The van der Waals surface area contributed by atoms with Gasteiger partial charge in [-0.25, -0.2) is 4.68 Å². The highest BCUT2D eigenvalue weighted by Crippen LogP contribution is 2.22. The van der Waals surface area contributed by atoms with E-state index in [2.05, 4.69) is 10.1 Å². The number of aromatic nitrogens is 3. The molecule has 0 aliphatic carbocycles. The van der Waals surface area contributed by atoms with Crippen LogP contribution in [0.15, 0.2) is 65.8 Å². The van der Waals surface area contributed by atoms with Crippen molar-refractivity contribution >= 4 is 11.6 Å². The largest absolute Gasteiger partial charge is 0.276 e. The van der Waals surface area contributed by atoms with Gasteiger partial charge in [0.2, 0.25) is 0 Å². The molecule has 21 heavy (non-hydrogen) atoms. The van der Waals surface area contributed by atoms with Crippen molar-refractivity contribution in [1.29, 1.82) is 0 Å². The van der Waals surface area contributed by atoms with Gasteiger partial charge in [-0.05, 0) is 11.6 Å². The molecule has 0 fully saturated rings. The molecule has 0 saturated heterocycles. The molecule has 5 heteroatoms. The van der Waals surface area contributed by atoms with E-state index in [9.17, 15) is 4.79 Å². The van der Waals surface area contributed by atoms with Gasteiger partial charge >= 0.3 is 0 Å². The van der Waals surface area contributed by atoms with E-state index in [0.29, 0.717) is 22.7 Å². The number of hydrogen-bond acceptors (Lipinski definition) is 3. The molecular formula is C16H12ClN3O. The number of nitrogens with zero attached hydrogens (tertiary/aromatic N) is 3. The fraction of sp³-hybridized carbons (Fsp3) is 0.0625. The molecule has 0 amide bonds. The fourth-order valence-electron chi connectivity index (χ4n) is 2.11. The lowest BCUT2D eigenvalue weighted by molar-refractivity contribution is 0.641. The van der Waals surface area contributed by atoms with Gasteiger partial charge in [-0.2, -0.15) is 5.10 Å². The molecule has 0 aliphatic rings. The zero-order chi connectivity index (χ0) is 14.7. The fourth-order valence-corrected chi connectivity index (χ4v) is 2.34. The summed E-state index contributed by atoms with van der Waals surface area (Å²) in [6.45, 7) is 0.407. The van der Waals surface area contributed by atoms with Gasteiger partial charge in [-0.1, -0.05) is 48.0 Å². The van der Waals surface area contributed by atoms with Crippen LogP contribution in [0, 0.1) is 0 Å². The lowest BCUT2D eigenvalue weighted by Crippen LogP contribution is -2.25. The lowest BCUT2D eigenvalue weighted by Gasteiger charge is -2.08. The summed E-state index contributed by atoms with van der Waals surface area (Å²) in [5.41, 5.74) is 1.90. The van der Waals surface area contributed by atoms with Gasteiger partial charge in [0, 0.05) is 18.0 Å². The number of halogens is 1. The minimum Gasteiger partial charge on any atom is -0.267 e. The third-order valence-corrected chi connectivity index (χ3v) is 3.41. The van der Waals surface area contributed by atoms with E-state index in [1.807, 2.05) is 36.4 Å². The Hall–Kier alpha value is -2.46. The van der Waals surface area contributed by atoms with Crippen LogP contribution in [-0.2, 0) is 6.54 Å². The van der Waals surface area contributed by atoms with Crippen LogP contribution in [0.1, 0.15) is 5.56 Å². The predicted molar refractivity (Wildman–Crippen MR) is 82.3 cm³/mol. The zero-order valence-electron chi connectivity index (χ0n) is 11.1. The highest BCUT2D eigenvalue weighted by atomic mass is 35.5. The van der Waals surface area contributed by atoms with Crippen LogP contribution in [0.2, 0.25) is 5.02 Å². The molecule has 3 rings (SSSR count). The standard InChI is InChI=1S/C16H12ClN3O/c17-14-10-19-20(11-12-5-2-1-3-6-12)16(21)15(14)13-7-4-8-18-9-13/h1-10H,11H2. The third kappa shape index (κ3) is 2.85.